The molecule has 1 atom stereocenters. The van der Waals surface area contributed by atoms with Gasteiger partial charge in [0, 0.05) is 10.9 Å². The van der Waals surface area contributed by atoms with Crippen LogP contribution in [0.5, 0.6) is 0 Å². The number of nitrogens with two attached hydrogens (primary N) is 1. The van der Waals surface area contributed by atoms with Crippen LogP contribution in [0, 0.1) is 0 Å². The molecule has 3 rings (SSSR count). The number of amides is 1. The number of nitrogen functional groups attached to an aromatic ring is 1. The van der Waals surface area contributed by atoms with E-state index in [-0.39, 0.29) is 11.2 Å². The standard InChI is InChI=1S/C14H14N6OS2/c1-9(23-14-19-16-8-20(14)15)12(21)18-13-17-11(7-22-13)10-5-3-2-4-6-10/h2-9H,15H2,1H3,(H,17,18,21)/t9-/m0/s1. The van der Waals surface area contributed by atoms with E-state index >= 15 is 0 Å². The minimum Gasteiger partial charge on any atom is -0.336 e. The van der Waals surface area contributed by atoms with Gasteiger partial charge < -0.3 is 11.2 Å². The van der Waals surface area contributed by atoms with Crippen molar-refractivity contribution in [3.8, 4) is 11.3 Å². The van der Waals surface area contributed by atoms with E-state index in [0.29, 0.717) is 10.3 Å². The minimum atomic E-state index is -0.370. The van der Waals surface area contributed by atoms with Crippen molar-refractivity contribution in [3.05, 3.63) is 42.0 Å². The third kappa shape index (κ3) is 3.69. The highest BCUT2D eigenvalue weighted by atomic mass is 32.2. The fourth-order valence-corrected chi connectivity index (χ4v) is 3.28. The number of hydrogen-bond donors (Lipinski definition) is 2. The van der Waals surface area contributed by atoms with E-state index in [1.54, 1.807) is 6.92 Å². The average Bonchev–Trinajstić information content (AvgIpc) is 3.18. The third-order valence-electron chi connectivity index (χ3n) is 3.00. The van der Waals surface area contributed by atoms with E-state index in [9.17, 15) is 4.79 Å². The summed E-state index contributed by atoms with van der Waals surface area (Å²) < 4.78 is 1.28. The first kappa shape index (κ1) is 15.5. The van der Waals surface area contributed by atoms with Gasteiger partial charge in [-0.1, -0.05) is 42.1 Å². The molecule has 0 unspecified atom stereocenters. The molecule has 2 heterocycles. The van der Waals surface area contributed by atoms with Crippen molar-refractivity contribution in [2.75, 3.05) is 11.2 Å². The average molecular weight is 346 g/mol. The summed E-state index contributed by atoms with van der Waals surface area (Å²) in [5, 5.41) is 12.9. The molecule has 0 fully saturated rings. The molecule has 1 aromatic carbocycles. The zero-order valence-electron chi connectivity index (χ0n) is 12.2. The molecule has 3 N–H and O–H groups in total. The van der Waals surface area contributed by atoms with Crippen molar-refractivity contribution >= 4 is 34.1 Å². The molecule has 118 valence electrons. The Morgan fingerprint density at radius 3 is 2.87 bits per heavy atom. The van der Waals surface area contributed by atoms with Gasteiger partial charge in [-0.25, -0.2) is 9.66 Å². The molecule has 9 heteroatoms. The maximum absolute atomic E-state index is 12.2. The molecule has 0 aliphatic rings. The monoisotopic (exact) mass is 346 g/mol. The lowest BCUT2D eigenvalue weighted by Crippen LogP contribution is -2.23. The summed E-state index contributed by atoms with van der Waals surface area (Å²) in [5.41, 5.74) is 1.86. The van der Waals surface area contributed by atoms with Crippen molar-refractivity contribution in [2.24, 2.45) is 0 Å². The number of benzene rings is 1. The van der Waals surface area contributed by atoms with E-state index in [4.69, 9.17) is 5.84 Å². The summed E-state index contributed by atoms with van der Waals surface area (Å²) in [5.74, 6) is 5.48. The van der Waals surface area contributed by atoms with Gasteiger partial charge in [-0.05, 0) is 6.92 Å². The lowest BCUT2D eigenvalue weighted by Gasteiger charge is -2.09. The number of rotatable bonds is 5. The molecule has 0 saturated carbocycles. The Morgan fingerprint density at radius 2 is 2.17 bits per heavy atom. The predicted molar refractivity (Wildman–Crippen MR) is 91.7 cm³/mol. The van der Waals surface area contributed by atoms with Crippen molar-refractivity contribution in [3.63, 3.8) is 0 Å². The van der Waals surface area contributed by atoms with Gasteiger partial charge in [-0.15, -0.1) is 21.5 Å². The second kappa shape index (κ2) is 6.80. The molecular formula is C14H14N6OS2. The highest BCUT2D eigenvalue weighted by Crippen LogP contribution is 2.26. The third-order valence-corrected chi connectivity index (χ3v) is 4.82. The molecule has 23 heavy (non-hydrogen) atoms. The largest absolute Gasteiger partial charge is 0.336 e. The molecule has 2 aromatic heterocycles. The lowest BCUT2D eigenvalue weighted by molar-refractivity contribution is -0.115. The highest BCUT2D eigenvalue weighted by Gasteiger charge is 2.18. The molecule has 7 nitrogen and oxygen atoms in total. The normalized spacial score (nSPS) is 12.0. The van der Waals surface area contributed by atoms with Gasteiger partial charge in [0.05, 0.1) is 10.9 Å². The van der Waals surface area contributed by atoms with Gasteiger partial charge in [-0.3, -0.25) is 4.79 Å². The zero-order chi connectivity index (χ0) is 16.2. The number of thiazole rings is 1. The van der Waals surface area contributed by atoms with Gasteiger partial charge in [0.2, 0.25) is 11.1 Å². The summed E-state index contributed by atoms with van der Waals surface area (Å²) in [6, 6.07) is 9.82. The molecule has 0 aliphatic heterocycles. The predicted octanol–water partition coefficient (Wildman–Crippen LogP) is 2.23. The van der Waals surface area contributed by atoms with Crippen LogP contribution in [0.2, 0.25) is 0 Å². The van der Waals surface area contributed by atoms with Crippen LogP contribution in [-0.2, 0) is 4.79 Å². The Hall–Kier alpha value is -2.39. The first-order chi connectivity index (χ1) is 11.1. The summed E-state index contributed by atoms with van der Waals surface area (Å²) in [6.07, 6.45) is 1.39. The van der Waals surface area contributed by atoms with Crippen LogP contribution in [0.3, 0.4) is 0 Å². The molecule has 0 radical (unpaired) electrons. The highest BCUT2D eigenvalue weighted by molar-refractivity contribution is 8.00. The van der Waals surface area contributed by atoms with Gasteiger partial charge in [0.1, 0.15) is 6.33 Å². The van der Waals surface area contributed by atoms with E-state index in [1.165, 1.54) is 34.1 Å². The number of nitrogens with zero attached hydrogens (tertiary/aromatic N) is 4. The Balaban J connectivity index is 1.64. The molecule has 0 spiro atoms. The summed E-state index contributed by atoms with van der Waals surface area (Å²) in [4.78, 5) is 16.7. The quantitative estimate of drug-likeness (QED) is 0.543. The van der Waals surface area contributed by atoms with E-state index < -0.39 is 0 Å². The number of thioether (sulfide) groups is 1. The molecule has 0 bridgehead atoms. The number of nitrogens with one attached hydrogen (secondary N) is 1. The van der Waals surface area contributed by atoms with E-state index in [1.807, 2.05) is 35.7 Å². The summed E-state index contributed by atoms with van der Waals surface area (Å²) in [6.45, 7) is 1.78. The second-order valence-corrected chi connectivity index (χ2v) is 6.84. The van der Waals surface area contributed by atoms with Crippen LogP contribution in [0.4, 0.5) is 5.13 Å². The Kier molecular flexibility index (Phi) is 4.58. The summed E-state index contributed by atoms with van der Waals surface area (Å²) >= 11 is 2.63. The van der Waals surface area contributed by atoms with Crippen LogP contribution in [0.1, 0.15) is 6.92 Å². The van der Waals surface area contributed by atoms with Crippen LogP contribution < -0.4 is 11.2 Å². The van der Waals surface area contributed by atoms with Gasteiger partial charge in [0.25, 0.3) is 0 Å². The fraction of sp³-hybridized carbons (Fsp3) is 0.143. The van der Waals surface area contributed by atoms with Gasteiger partial charge in [0.15, 0.2) is 5.13 Å². The zero-order valence-corrected chi connectivity index (χ0v) is 13.8. The van der Waals surface area contributed by atoms with Crippen LogP contribution in [0.25, 0.3) is 11.3 Å². The van der Waals surface area contributed by atoms with Crippen molar-refractivity contribution < 1.29 is 4.79 Å². The minimum absolute atomic E-state index is 0.160. The lowest BCUT2D eigenvalue weighted by atomic mass is 10.2. The number of carbonyl (C=O) groups is 1. The van der Waals surface area contributed by atoms with Crippen molar-refractivity contribution in [1.29, 1.82) is 0 Å². The number of carbonyl (C=O) groups excluding carboxylic acids is 1. The van der Waals surface area contributed by atoms with Gasteiger partial charge >= 0.3 is 0 Å². The van der Waals surface area contributed by atoms with Gasteiger partial charge in [-0.2, -0.15) is 0 Å². The second-order valence-electron chi connectivity index (χ2n) is 4.67. The smallest absolute Gasteiger partial charge is 0.239 e. The van der Waals surface area contributed by atoms with Crippen LogP contribution in [-0.4, -0.2) is 31.0 Å². The number of hydrogen-bond acceptors (Lipinski definition) is 7. The maximum atomic E-state index is 12.2. The van der Waals surface area contributed by atoms with Crippen LogP contribution in [0.15, 0.2) is 47.2 Å². The van der Waals surface area contributed by atoms with Crippen LogP contribution >= 0.6 is 23.1 Å². The SMILES string of the molecule is C[C@H](Sc1nncn1N)C(=O)Nc1nc(-c2ccccc2)cs1. The topological polar surface area (TPSA) is 98.7 Å². The molecule has 1 amide bonds. The Bertz CT molecular complexity index is 800. The van der Waals surface area contributed by atoms with Crippen molar-refractivity contribution in [1.82, 2.24) is 19.9 Å². The summed E-state index contributed by atoms with van der Waals surface area (Å²) in [7, 11) is 0. The number of anilines is 1. The van der Waals surface area contributed by atoms with Crippen molar-refractivity contribution in [2.45, 2.75) is 17.3 Å². The van der Waals surface area contributed by atoms with E-state index in [0.717, 1.165) is 11.3 Å². The molecule has 0 saturated heterocycles. The first-order valence-electron chi connectivity index (χ1n) is 6.77. The molecule has 0 aliphatic carbocycles. The Morgan fingerprint density at radius 1 is 1.39 bits per heavy atom. The van der Waals surface area contributed by atoms with E-state index in [2.05, 4.69) is 20.5 Å². The number of aromatic nitrogens is 4. The molecular weight excluding hydrogens is 332 g/mol. The maximum Gasteiger partial charge on any atom is 0.239 e. The Labute approximate surface area is 140 Å². The fourth-order valence-electron chi connectivity index (χ4n) is 1.81. The first-order valence-corrected chi connectivity index (χ1v) is 8.53. The molecule has 3 aromatic rings.